The lowest BCUT2D eigenvalue weighted by atomic mass is 10.3. The summed E-state index contributed by atoms with van der Waals surface area (Å²) in [7, 11) is 0. The molecule has 1 aromatic heterocycles. The van der Waals surface area contributed by atoms with Crippen molar-refractivity contribution in [2.24, 2.45) is 10.9 Å². The molecule has 0 aliphatic rings. The topological polar surface area (TPSA) is 80.7 Å². The number of nitrogens with two attached hydrogens (primary N) is 1. The highest BCUT2D eigenvalue weighted by Crippen LogP contribution is 2.28. The number of hydrogen-bond acceptors (Lipinski definition) is 4. The van der Waals surface area contributed by atoms with Crippen molar-refractivity contribution >= 4 is 21.8 Å². The molecule has 0 atom stereocenters. The zero-order valence-corrected chi connectivity index (χ0v) is 10.8. The molecule has 18 heavy (non-hydrogen) atoms. The van der Waals surface area contributed by atoms with Crippen LogP contribution in [0.1, 0.15) is 5.69 Å². The van der Waals surface area contributed by atoms with E-state index < -0.39 is 0 Å². The second-order valence-corrected chi connectivity index (χ2v) is 4.23. The van der Waals surface area contributed by atoms with Crippen molar-refractivity contribution in [1.82, 2.24) is 4.98 Å². The maximum Gasteiger partial charge on any atom is 0.219 e. The number of halogens is 1. The van der Waals surface area contributed by atoms with Crippen LogP contribution in [0, 0.1) is 0 Å². The largest absolute Gasteiger partial charge is 0.438 e. The van der Waals surface area contributed by atoms with Crippen LogP contribution in [0.3, 0.4) is 0 Å². The van der Waals surface area contributed by atoms with Gasteiger partial charge in [-0.2, -0.15) is 0 Å². The molecule has 0 aliphatic carbocycles. The van der Waals surface area contributed by atoms with Gasteiger partial charge in [0.05, 0.1) is 4.47 Å². The fraction of sp³-hybridized carbons (Fsp3) is 0. The summed E-state index contributed by atoms with van der Waals surface area (Å²) in [5.41, 5.74) is 5.81. The monoisotopic (exact) mass is 307 g/mol. The molecule has 2 aromatic rings. The second kappa shape index (κ2) is 5.50. The van der Waals surface area contributed by atoms with Crippen molar-refractivity contribution in [3.8, 4) is 11.6 Å². The molecule has 0 amide bonds. The number of hydrogen-bond donors (Lipinski definition) is 2. The number of benzene rings is 1. The Hall–Kier alpha value is -2.08. The summed E-state index contributed by atoms with van der Waals surface area (Å²) in [6.07, 6.45) is 0. The first-order chi connectivity index (χ1) is 8.70. The first-order valence-corrected chi connectivity index (χ1v) is 5.87. The minimum Gasteiger partial charge on any atom is -0.438 e. The van der Waals surface area contributed by atoms with E-state index in [0.29, 0.717) is 17.3 Å². The molecule has 2 rings (SSSR count). The minimum atomic E-state index is -0.0624. The molecule has 3 N–H and O–H groups in total. The zero-order valence-electron chi connectivity index (χ0n) is 9.25. The van der Waals surface area contributed by atoms with E-state index >= 15 is 0 Å². The van der Waals surface area contributed by atoms with Gasteiger partial charge >= 0.3 is 0 Å². The van der Waals surface area contributed by atoms with E-state index in [1.165, 1.54) is 0 Å². The molecule has 5 nitrogen and oxygen atoms in total. The van der Waals surface area contributed by atoms with Gasteiger partial charge in [-0.25, -0.2) is 4.98 Å². The summed E-state index contributed by atoms with van der Waals surface area (Å²) >= 11 is 3.37. The number of rotatable bonds is 3. The van der Waals surface area contributed by atoms with Crippen molar-refractivity contribution in [3.63, 3.8) is 0 Å². The quantitative estimate of drug-likeness (QED) is 0.395. The summed E-state index contributed by atoms with van der Waals surface area (Å²) in [6, 6.07) is 12.4. The molecule has 0 saturated carbocycles. The van der Waals surface area contributed by atoms with E-state index in [1.807, 2.05) is 24.3 Å². The molecule has 0 radical (unpaired) electrons. The Morgan fingerprint density at radius 2 is 2.00 bits per heavy atom. The van der Waals surface area contributed by atoms with E-state index in [0.717, 1.165) is 4.47 Å². The third-order valence-corrected chi connectivity index (χ3v) is 2.80. The second-order valence-electron chi connectivity index (χ2n) is 3.38. The van der Waals surface area contributed by atoms with E-state index in [2.05, 4.69) is 26.1 Å². The maximum absolute atomic E-state index is 8.59. The van der Waals surface area contributed by atoms with E-state index in [9.17, 15) is 0 Å². The standard InChI is InChI=1S/C12H10BrN3O2/c13-8-4-1-2-6-10(8)18-11-7-3-5-9(15-11)12(14)16-17/h1-7,17H,(H2,14,16). The summed E-state index contributed by atoms with van der Waals surface area (Å²) in [5.74, 6) is 0.945. The van der Waals surface area contributed by atoms with Gasteiger partial charge < -0.3 is 15.7 Å². The van der Waals surface area contributed by atoms with Crippen molar-refractivity contribution in [2.75, 3.05) is 0 Å². The van der Waals surface area contributed by atoms with Gasteiger partial charge in [-0.15, -0.1) is 0 Å². The van der Waals surface area contributed by atoms with E-state index in [-0.39, 0.29) is 5.84 Å². The average Bonchev–Trinajstić information content (AvgIpc) is 2.41. The van der Waals surface area contributed by atoms with Crippen LogP contribution < -0.4 is 10.5 Å². The molecular formula is C12H10BrN3O2. The van der Waals surface area contributed by atoms with Crippen molar-refractivity contribution < 1.29 is 9.94 Å². The lowest BCUT2D eigenvalue weighted by Crippen LogP contribution is -2.14. The highest BCUT2D eigenvalue weighted by molar-refractivity contribution is 9.10. The van der Waals surface area contributed by atoms with Crippen LogP contribution in [0.4, 0.5) is 0 Å². The van der Waals surface area contributed by atoms with Gasteiger partial charge in [-0.05, 0) is 34.1 Å². The minimum absolute atomic E-state index is 0.0624. The lowest BCUT2D eigenvalue weighted by Gasteiger charge is -2.07. The number of aromatic nitrogens is 1. The molecule has 92 valence electrons. The molecule has 6 heteroatoms. The molecule has 1 heterocycles. The maximum atomic E-state index is 8.59. The summed E-state index contributed by atoms with van der Waals surface area (Å²) in [5, 5.41) is 11.5. The predicted octanol–water partition coefficient (Wildman–Crippen LogP) is 2.73. The molecule has 0 fully saturated rings. The van der Waals surface area contributed by atoms with Crippen molar-refractivity contribution in [1.29, 1.82) is 0 Å². The van der Waals surface area contributed by atoms with Crippen LogP contribution >= 0.6 is 15.9 Å². The first-order valence-electron chi connectivity index (χ1n) is 5.08. The van der Waals surface area contributed by atoms with Crippen LogP contribution in [0.15, 0.2) is 52.1 Å². The molecule has 0 unspecified atom stereocenters. The van der Waals surface area contributed by atoms with Crippen molar-refractivity contribution in [3.05, 3.63) is 52.6 Å². The van der Waals surface area contributed by atoms with E-state index in [4.69, 9.17) is 15.7 Å². The van der Waals surface area contributed by atoms with Gasteiger partial charge in [0.25, 0.3) is 0 Å². The Kier molecular flexibility index (Phi) is 3.78. The molecular weight excluding hydrogens is 298 g/mol. The molecule has 1 aromatic carbocycles. The number of ether oxygens (including phenoxy) is 1. The summed E-state index contributed by atoms with van der Waals surface area (Å²) in [4.78, 5) is 4.12. The zero-order chi connectivity index (χ0) is 13.0. The Morgan fingerprint density at radius 1 is 1.22 bits per heavy atom. The van der Waals surface area contributed by atoms with Gasteiger partial charge in [0.1, 0.15) is 11.4 Å². The molecule has 0 bridgehead atoms. The molecule has 0 aliphatic heterocycles. The third kappa shape index (κ3) is 2.78. The number of amidine groups is 1. The van der Waals surface area contributed by atoms with Gasteiger partial charge in [0.2, 0.25) is 5.88 Å². The highest BCUT2D eigenvalue weighted by atomic mass is 79.9. The summed E-state index contributed by atoms with van der Waals surface area (Å²) in [6.45, 7) is 0. The number of para-hydroxylation sites is 1. The first kappa shape index (κ1) is 12.4. The van der Waals surface area contributed by atoms with E-state index in [1.54, 1.807) is 18.2 Å². The van der Waals surface area contributed by atoms with Crippen molar-refractivity contribution in [2.45, 2.75) is 0 Å². The Balaban J connectivity index is 2.28. The van der Waals surface area contributed by atoms with Crippen LogP contribution in [0.25, 0.3) is 0 Å². The third-order valence-electron chi connectivity index (χ3n) is 2.14. The predicted molar refractivity (Wildman–Crippen MR) is 71.0 cm³/mol. The van der Waals surface area contributed by atoms with Gasteiger partial charge in [-0.1, -0.05) is 23.4 Å². The summed E-state index contributed by atoms with van der Waals surface area (Å²) < 4.78 is 6.41. The molecule has 0 saturated heterocycles. The highest BCUT2D eigenvalue weighted by Gasteiger charge is 2.05. The van der Waals surface area contributed by atoms with Crippen LogP contribution in [-0.4, -0.2) is 16.0 Å². The lowest BCUT2D eigenvalue weighted by molar-refractivity contribution is 0.318. The van der Waals surface area contributed by atoms with Crippen LogP contribution in [-0.2, 0) is 0 Å². The van der Waals surface area contributed by atoms with Gasteiger partial charge in [-0.3, -0.25) is 0 Å². The average molecular weight is 308 g/mol. The SMILES string of the molecule is NC(=NO)c1cccc(Oc2ccccc2Br)n1. The number of oxime groups is 1. The Labute approximate surface area is 112 Å². The Morgan fingerprint density at radius 3 is 2.72 bits per heavy atom. The Bertz CT molecular complexity index is 587. The van der Waals surface area contributed by atoms with Crippen LogP contribution in [0.2, 0.25) is 0 Å². The van der Waals surface area contributed by atoms with Crippen LogP contribution in [0.5, 0.6) is 11.6 Å². The number of nitrogens with zero attached hydrogens (tertiary/aromatic N) is 2. The fourth-order valence-electron chi connectivity index (χ4n) is 1.31. The van der Waals surface area contributed by atoms with Gasteiger partial charge in [0.15, 0.2) is 5.84 Å². The number of pyridine rings is 1. The fourth-order valence-corrected chi connectivity index (χ4v) is 1.67. The molecule has 0 spiro atoms. The smallest absolute Gasteiger partial charge is 0.219 e. The normalized spacial score (nSPS) is 11.3. The van der Waals surface area contributed by atoms with Gasteiger partial charge in [0, 0.05) is 6.07 Å².